The minimum atomic E-state index is 0.798. The highest BCUT2D eigenvalue weighted by atomic mass is 14.2. The number of rotatable bonds is 0. The molecule has 0 heteroatoms. The molecule has 0 N–H and O–H groups in total. The van der Waals surface area contributed by atoms with Crippen LogP contribution in [0, 0.1) is 5.92 Å². The Bertz CT molecular complexity index is 208. The van der Waals surface area contributed by atoms with Crippen molar-refractivity contribution in [1.82, 2.24) is 0 Å². The molecule has 0 radical (unpaired) electrons. The second kappa shape index (κ2) is 2.84. The average Bonchev–Trinajstić information content (AvgIpc) is 2.04. The Morgan fingerprint density at radius 2 is 2.09 bits per heavy atom. The van der Waals surface area contributed by atoms with Crippen molar-refractivity contribution in [3.05, 3.63) is 23.3 Å². The molecular formula is C11H16. The van der Waals surface area contributed by atoms with Gasteiger partial charge in [0.05, 0.1) is 0 Å². The minimum absolute atomic E-state index is 0.798. The Kier molecular flexibility index (Phi) is 1.85. The van der Waals surface area contributed by atoms with E-state index in [1.54, 1.807) is 11.1 Å². The van der Waals surface area contributed by atoms with Crippen molar-refractivity contribution in [3.8, 4) is 0 Å². The molecule has 0 aliphatic heterocycles. The lowest BCUT2D eigenvalue weighted by Gasteiger charge is -2.23. The van der Waals surface area contributed by atoms with Crippen LogP contribution in [0.1, 0.15) is 39.0 Å². The summed E-state index contributed by atoms with van der Waals surface area (Å²) in [5, 5.41) is 0. The van der Waals surface area contributed by atoms with Crippen molar-refractivity contribution < 1.29 is 0 Å². The Hall–Kier alpha value is -0.520. The molecule has 0 heterocycles. The van der Waals surface area contributed by atoms with E-state index in [2.05, 4.69) is 19.1 Å². The molecule has 0 aromatic heterocycles. The molecule has 0 bridgehead atoms. The highest BCUT2D eigenvalue weighted by Gasteiger charge is 2.15. The monoisotopic (exact) mass is 148 g/mol. The lowest BCUT2D eigenvalue weighted by Crippen LogP contribution is -2.06. The summed E-state index contributed by atoms with van der Waals surface area (Å²) in [6.45, 7) is 2.31. The van der Waals surface area contributed by atoms with Gasteiger partial charge in [-0.2, -0.15) is 0 Å². The maximum Gasteiger partial charge on any atom is -0.0221 e. The van der Waals surface area contributed by atoms with E-state index in [1.807, 2.05) is 0 Å². The predicted octanol–water partition coefficient (Wildman–Crippen LogP) is 3.45. The summed E-state index contributed by atoms with van der Waals surface area (Å²) in [5.74, 6) is 0.798. The minimum Gasteiger partial charge on any atom is -0.0811 e. The van der Waals surface area contributed by atoms with E-state index in [0.29, 0.717) is 0 Å². The summed E-state index contributed by atoms with van der Waals surface area (Å²) < 4.78 is 0. The maximum atomic E-state index is 2.37. The molecule has 0 aromatic rings. The van der Waals surface area contributed by atoms with E-state index >= 15 is 0 Å². The van der Waals surface area contributed by atoms with Gasteiger partial charge in [0.1, 0.15) is 0 Å². The van der Waals surface area contributed by atoms with Crippen molar-refractivity contribution >= 4 is 0 Å². The van der Waals surface area contributed by atoms with Gasteiger partial charge in [-0.05, 0) is 43.6 Å². The normalized spacial score (nSPS) is 30.5. The van der Waals surface area contributed by atoms with Gasteiger partial charge in [-0.25, -0.2) is 0 Å². The van der Waals surface area contributed by atoms with Crippen LogP contribution in [0.5, 0.6) is 0 Å². The van der Waals surface area contributed by atoms with Gasteiger partial charge in [0.25, 0.3) is 0 Å². The molecule has 60 valence electrons. The van der Waals surface area contributed by atoms with E-state index in [4.69, 9.17) is 0 Å². The summed E-state index contributed by atoms with van der Waals surface area (Å²) >= 11 is 0. The molecule has 11 heavy (non-hydrogen) atoms. The number of allylic oxidation sites excluding steroid dienone is 4. The van der Waals surface area contributed by atoms with Crippen LogP contribution in [0.4, 0.5) is 0 Å². The zero-order chi connectivity index (χ0) is 7.68. The third-order valence-electron chi connectivity index (χ3n) is 2.82. The standard InChI is InChI=1S/C11H16/c1-9-6-7-10-4-2-3-5-11(10)8-9/h6-7,9H,2-5,8H2,1H3/t9-/m0/s1. The third-order valence-corrected chi connectivity index (χ3v) is 2.82. The van der Waals surface area contributed by atoms with Gasteiger partial charge in [-0.15, -0.1) is 0 Å². The van der Waals surface area contributed by atoms with Gasteiger partial charge in [-0.3, -0.25) is 0 Å². The van der Waals surface area contributed by atoms with Crippen LogP contribution in [0.15, 0.2) is 23.3 Å². The second-order valence-electron chi connectivity index (χ2n) is 3.88. The Balaban J connectivity index is 2.20. The fourth-order valence-electron chi connectivity index (χ4n) is 2.16. The molecule has 0 spiro atoms. The van der Waals surface area contributed by atoms with E-state index in [9.17, 15) is 0 Å². The molecule has 0 aromatic carbocycles. The van der Waals surface area contributed by atoms with E-state index in [1.165, 1.54) is 32.1 Å². The Morgan fingerprint density at radius 3 is 3.00 bits per heavy atom. The number of hydrogen-bond acceptors (Lipinski definition) is 0. The first-order valence-corrected chi connectivity index (χ1v) is 4.75. The number of hydrogen-bond donors (Lipinski definition) is 0. The van der Waals surface area contributed by atoms with E-state index in [-0.39, 0.29) is 0 Å². The van der Waals surface area contributed by atoms with Crippen molar-refractivity contribution in [2.45, 2.75) is 39.0 Å². The lowest BCUT2D eigenvalue weighted by atomic mass is 9.82. The largest absolute Gasteiger partial charge is 0.0811 e. The Morgan fingerprint density at radius 1 is 1.27 bits per heavy atom. The second-order valence-corrected chi connectivity index (χ2v) is 3.88. The highest BCUT2D eigenvalue weighted by molar-refractivity contribution is 5.31. The molecule has 0 nitrogen and oxygen atoms in total. The molecule has 1 atom stereocenters. The smallest absolute Gasteiger partial charge is 0.0221 e. The fourth-order valence-corrected chi connectivity index (χ4v) is 2.16. The van der Waals surface area contributed by atoms with Crippen LogP contribution in [0.2, 0.25) is 0 Å². The van der Waals surface area contributed by atoms with E-state index < -0.39 is 0 Å². The lowest BCUT2D eigenvalue weighted by molar-refractivity contribution is 0.599. The molecule has 0 unspecified atom stereocenters. The molecule has 0 amide bonds. The van der Waals surface area contributed by atoms with Gasteiger partial charge in [0.15, 0.2) is 0 Å². The summed E-state index contributed by atoms with van der Waals surface area (Å²) in [4.78, 5) is 0. The van der Waals surface area contributed by atoms with Gasteiger partial charge < -0.3 is 0 Å². The topological polar surface area (TPSA) is 0 Å². The molecule has 0 saturated heterocycles. The molecule has 0 fully saturated rings. The SMILES string of the molecule is C[C@H]1C=CC2=C(CCCC2)C1. The van der Waals surface area contributed by atoms with Crippen molar-refractivity contribution in [2.24, 2.45) is 5.92 Å². The van der Waals surface area contributed by atoms with Crippen LogP contribution >= 0.6 is 0 Å². The zero-order valence-corrected chi connectivity index (χ0v) is 7.27. The summed E-state index contributed by atoms with van der Waals surface area (Å²) in [6.07, 6.45) is 11.6. The molecule has 2 rings (SSSR count). The highest BCUT2D eigenvalue weighted by Crippen LogP contribution is 2.33. The van der Waals surface area contributed by atoms with Crippen molar-refractivity contribution in [1.29, 1.82) is 0 Å². The molecule has 2 aliphatic carbocycles. The Labute approximate surface area is 69.0 Å². The van der Waals surface area contributed by atoms with Crippen LogP contribution < -0.4 is 0 Å². The average molecular weight is 148 g/mol. The van der Waals surface area contributed by atoms with Crippen LogP contribution in [0.25, 0.3) is 0 Å². The summed E-state index contributed by atoms with van der Waals surface area (Å²) in [5.41, 5.74) is 3.42. The predicted molar refractivity (Wildman–Crippen MR) is 48.4 cm³/mol. The van der Waals surface area contributed by atoms with Crippen LogP contribution in [0.3, 0.4) is 0 Å². The first-order valence-electron chi connectivity index (χ1n) is 4.75. The quantitative estimate of drug-likeness (QED) is 0.493. The fraction of sp³-hybridized carbons (Fsp3) is 0.636. The maximum absolute atomic E-state index is 2.37. The summed E-state index contributed by atoms with van der Waals surface area (Å²) in [6, 6.07) is 0. The van der Waals surface area contributed by atoms with E-state index in [0.717, 1.165) is 5.92 Å². The first-order chi connectivity index (χ1) is 5.36. The zero-order valence-electron chi connectivity index (χ0n) is 7.27. The van der Waals surface area contributed by atoms with Crippen LogP contribution in [-0.4, -0.2) is 0 Å². The van der Waals surface area contributed by atoms with Gasteiger partial charge in [0, 0.05) is 0 Å². The van der Waals surface area contributed by atoms with Gasteiger partial charge in [-0.1, -0.05) is 24.6 Å². The molecule has 0 saturated carbocycles. The van der Waals surface area contributed by atoms with Crippen molar-refractivity contribution in [2.75, 3.05) is 0 Å². The molecule has 2 aliphatic rings. The van der Waals surface area contributed by atoms with Gasteiger partial charge >= 0.3 is 0 Å². The van der Waals surface area contributed by atoms with Gasteiger partial charge in [0.2, 0.25) is 0 Å². The summed E-state index contributed by atoms with van der Waals surface area (Å²) in [7, 11) is 0. The van der Waals surface area contributed by atoms with Crippen molar-refractivity contribution in [3.63, 3.8) is 0 Å². The first kappa shape index (κ1) is 7.15. The molecular weight excluding hydrogens is 132 g/mol. The third kappa shape index (κ3) is 1.40. The van der Waals surface area contributed by atoms with Crippen LogP contribution in [-0.2, 0) is 0 Å².